The highest BCUT2D eigenvalue weighted by atomic mass is 35.5. The first-order valence-electron chi connectivity index (χ1n) is 8.88. The van der Waals surface area contributed by atoms with Gasteiger partial charge in [0.2, 0.25) is 5.91 Å². The van der Waals surface area contributed by atoms with E-state index in [2.05, 4.69) is 5.32 Å². The number of nitrogens with zero attached hydrogens (tertiary/aromatic N) is 3. The van der Waals surface area contributed by atoms with Crippen LogP contribution in [-0.4, -0.2) is 60.1 Å². The molecule has 0 unspecified atom stereocenters. The molecule has 0 spiro atoms. The van der Waals surface area contributed by atoms with Gasteiger partial charge >= 0.3 is 6.09 Å². The Morgan fingerprint density at radius 1 is 1.26 bits per heavy atom. The molecule has 2 rings (SSSR count). The van der Waals surface area contributed by atoms with E-state index in [9.17, 15) is 9.59 Å². The van der Waals surface area contributed by atoms with Crippen LogP contribution in [0.3, 0.4) is 0 Å². The summed E-state index contributed by atoms with van der Waals surface area (Å²) in [6.45, 7) is 8.07. The molecule has 1 fully saturated rings. The van der Waals surface area contributed by atoms with Crippen molar-refractivity contribution in [3.8, 4) is 6.07 Å². The molecule has 0 bridgehead atoms. The Morgan fingerprint density at radius 2 is 2.00 bits per heavy atom. The fourth-order valence-corrected chi connectivity index (χ4v) is 2.92. The summed E-state index contributed by atoms with van der Waals surface area (Å²) in [4.78, 5) is 28.2. The van der Waals surface area contributed by atoms with Crippen LogP contribution in [0.1, 0.15) is 32.8 Å². The second-order valence-electron chi connectivity index (χ2n) is 7.45. The number of anilines is 1. The van der Waals surface area contributed by atoms with Crippen LogP contribution in [0.15, 0.2) is 18.2 Å². The maximum atomic E-state index is 12.4. The highest BCUT2D eigenvalue weighted by Gasteiger charge is 2.25. The number of amides is 2. The summed E-state index contributed by atoms with van der Waals surface area (Å²) in [6.07, 6.45) is 0.430. The first kappa shape index (κ1) is 21.0. The predicted octanol–water partition coefficient (Wildman–Crippen LogP) is 3.09. The fourth-order valence-electron chi connectivity index (χ4n) is 2.75. The maximum absolute atomic E-state index is 12.4. The van der Waals surface area contributed by atoms with Crippen molar-refractivity contribution in [2.75, 3.05) is 38.0 Å². The molecule has 0 radical (unpaired) electrons. The van der Waals surface area contributed by atoms with Gasteiger partial charge in [-0.1, -0.05) is 11.6 Å². The number of nitrogens with one attached hydrogen (secondary N) is 1. The molecule has 27 heavy (non-hydrogen) atoms. The second-order valence-corrected chi connectivity index (χ2v) is 7.88. The van der Waals surface area contributed by atoms with Crippen molar-refractivity contribution in [2.24, 2.45) is 0 Å². The Balaban J connectivity index is 1.90. The molecule has 0 saturated carbocycles. The predicted molar refractivity (Wildman–Crippen MR) is 104 cm³/mol. The Hall–Kier alpha value is -2.30. The number of halogens is 1. The van der Waals surface area contributed by atoms with Gasteiger partial charge in [-0.15, -0.1) is 0 Å². The molecule has 0 atom stereocenters. The monoisotopic (exact) mass is 392 g/mol. The Morgan fingerprint density at radius 3 is 2.67 bits per heavy atom. The van der Waals surface area contributed by atoms with Gasteiger partial charge in [0, 0.05) is 31.2 Å². The van der Waals surface area contributed by atoms with Crippen LogP contribution >= 0.6 is 11.6 Å². The molecule has 7 nitrogen and oxygen atoms in total. The van der Waals surface area contributed by atoms with Crippen LogP contribution in [0.5, 0.6) is 0 Å². The van der Waals surface area contributed by atoms with Gasteiger partial charge in [0.05, 0.1) is 17.8 Å². The third kappa shape index (κ3) is 6.74. The van der Waals surface area contributed by atoms with Crippen molar-refractivity contribution in [3.05, 3.63) is 28.8 Å². The van der Waals surface area contributed by atoms with Gasteiger partial charge in [0.25, 0.3) is 0 Å². The molecular weight excluding hydrogens is 368 g/mol. The van der Waals surface area contributed by atoms with Gasteiger partial charge < -0.3 is 15.0 Å². The lowest BCUT2D eigenvalue weighted by Gasteiger charge is -2.26. The number of hydrogen-bond donors (Lipinski definition) is 1. The number of carbonyl (C=O) groups is 2. The van der Waals surface area contributed by atoms with Crippen molar-refractivity contribution in [2.45, 2.75) is 32.8 Å². The van der Waals surface area contributed by atoms with E-state index in [1.165, 1.54) is 0 Å². The number of nitriles is 1. The molecule has 0 aliphatic carbocycles. The molecule has 1 aliphatic heterocycles. The highest BCUT2D eigenvalue weighted by molar-refractivity contribution is 6.31. The first-order chi connectivity index (χ1) is 12.7. The third-order valence-corrected chi connectivity index (χ3v) is 4.22. The largest absolute Gasteiger partial charge is 0.444 e. The minimum Gasteiger partial charge on any atom is -0.444 e. The lowest BCUT2D eigenvalue weighted by molar-refractivity contribution is -0.117. The average molecular weight is 393 g/mol. The molecule has 8 heteroatoms. The smallest absolute Gasteiger partial charge is 0.410 e. The van der Waals surface area contributed by atoms with Crippen molar-refractivity contribution < 1.29 is 14.3 Å². The highest BCUT2D eigenvalue weighted by Crippen LogP contribution is 2.20. The van der Waals surface area contributed by atoms with Crippen LogP contribution in [0, 0.1) is 11.3 Å². The summed E-state index contributed by atoms with van der Waals surface area (Å²) in [5.74, 6) is -0.223. The van der Waals surface area contributed by atoms with Crippen LogP contribution < -0.4 is 5.32 Å². The van der Waals surface area contributed by atoms with Crippen molar-refractivity contribution in [3.63, 3.8) is 0 Å². The van der Waals surface area contributed by atoms with Crippen molar-refractivity contribution in [1.82, 2.24) is 9.80 Å². The van der Waals surface area contributed by atoms with E-state index in [1.54, 1.807) is 23.1 Å². The van der Waals surface area contributed by atoms with Gasteiger partial charge in [-0.25, -0.2) is 4.79 Å². The molecule has 0 aromatic heterocycles. The van der Waals surface area contributed by atoms with Gasteiger partial charge in [-0.05, 0) is 45.4 Å². The number of rotatable bonds is 3. The molecule has 1 aromatic rings. The van der Waals surface area contributed by atoms with E-state index in [4.69, 9.17) is 21.6 Å². The van der Waals surface area contributed by atoms with E-state index < -0.39 is 5.60 Å². The number of benzene rings is 1. The normalized spacial score (nSPS) is 15.6. The zero-order valence-corrected chi connectivity index (χ0v) is 16.7. The van der Waals surface area contributed by atoms with Crippen molar-refractivity contribution >= 4 is 29.3 Å². The van der Waals surface area contributed by atoms with Gasteiger partial charge in [-0.2, -0.15) is 5.26 Å². The van der Waals surface area contributed by atoms with Gasteiger partial charge in [0.1, 0.15) is 11.7 Å². The Labute approximate surface area is 164 Å². The molecule has 1 aliphatic rings. The summed E-state index contributed by atoms with van der Waals surface area (Å²) >= 11 is 5.94. The average Bonchev–Trinajstić information content (AvgIpc) is 2.79. The van der Waals surface area contributed by atoms with E-state index >= 15 is 0 Å². The Kier molecular flexibility index (Phi) is 7.05. The summed E-state index contributed by atoms with van der Waals surface area (Å²) in [6, 6.07) is 6.77. The molecule has 146 valence electrons. The summed E-state index contributed by atoms with van der Waals surface area (Å²) in [5.41, 5.74) is 0.234. The minimum absolute atomic E-state index is 0.180. The molecule has 1 heterocycles. The summed E-state index contributed by atoms with van der Waals surface area (Å²) in [5, 5.41) is 12.3. The van der Waals surface area contributed by atoms with Crippen LogP contribution in [-0.2, 0) is 9.53 Å². The van der Waals surface area contributed by atoms with Crippen LogP contribution in [0.2, 0.25) is 5.02 Å². The quantitative estimate of drug-likeness (QED) is 0.854. The Bertz CT molecular complexity index is 739. The van der Waals surface area contributed by atoms with Gasteiger partial charge in [-0.3, -0.25) is 9.69 Å². The lowest BCUT2D eigenvalue weighted by atomic mass is 10.2. The summed E-state index contributed by atoms with van der Waals surface area (Å²) in [7, 11) is 0. The topological polar surface area (TPSA) is 85.7 Å². The maximum Gasteiger partial charge on any atom is 0.410 e. The SMILES string of the molecule is CC(C)(C)OC(=O)N1CCCN(CC(=O)Nc2cc(Cl)ccc2C#N)CC1. The van der Waals surface area contributed by atoms with Crippen LogP contribution in [0.25, 0.3) is 0 Å². The van der Waals surface area contributed by atoms with E-state index in [0.717, 1.165) is 6.42 Å². The summed E-state index contributed by atoms with van der Waals surface area (Å²) < 4.78 is 5.41. The van der Waals surface area contributed by atoms with E-state index in [1.807, 2.05) is 31.7 Å². The third-order valence-electron chi connectivity index (χ3n) is 3.98. The molecule has 1 saturated heterocycles. The number of ether oxygens (including phenoxy) is 1. The lowest BCUT2D eigenvalue weighted by Crippen LogP contribution is -2.40. The zero-order chi connectivity index (χ0) is 20.0. The molecule has 2 amide bonds. The molecule has 1 aromatic carbocycles. The van der Waals surface area contributed by atoms with Crippen LogP contribution in [0.4, 0.5) is 10.5 Å². The van der Waals surface area contributed by atoms with Crippen molar-refractivity contribution in [1.29, 1.82) is 5.26 Å². The van der Waals surface area contributed by atoms with E-state index in [-0.39, 0.29) is 18.5 Å². The first-order valence-corrected chi connectivity index (χ1v) is 9.25. The van der Waals surface area contributed by atoms with Gasteiger partial charge in [0.15, 0.2) is 0 Å². The number of carbonyl (C=O) groups excluding carboxylic acids is 2. The fraction of sp³-hybridized carbons (Fsp3) is 0.526. The number of hydrogen-bond acceptors (Lipinski definition) is 5. The standard InChI is InChI=1S/C19H25ClN4O3/c1-19(2,3)27-18(26)24-8-4-7-23(9-10-24)13-17(25)22-16-11-15(20)6-5-14(16)12-21/h5-6,11H,4,7-10,13H2,1-3H3,(H,22,25). The zero-order valence-electron chi connectivity index (χ0n) is 15.9. The van der Waals surface area contributed by atoms with E-state index in [0.29, 0.717) is 42.5 Å². The molecule has 1 N–H and O–H groups in total. The molecular formula is C19H25ClN4O3. The second kappa shape index (κ2) is 9.07. The minimum atomic E-state index is -0.529.